The fraction of sp³-hybridized carbons (Fsp3) is 0.444. The number of aliphatic carboxylic acids is 1. The van der Waals surface area contributed by atoms with Crippen LogP contribution < -0.4 is 0 Å². The first kappa shape index (κ1) is 11.2. The van der Waals surface area contributed by atoms with Gasteiger partial charge in [0.15, 0.2) is 0 Å². The number of rotatable bonds is 4. The average molecular weight is 211 g/mol. The Labute approximate surface area is 86.9 Å². The summed E-state index contributed by atoms with van der Waals surface area (Å²) in [6, 6.07) is 0. The third-order valence-corrected chi connectivity index (χ3v) is 2.06. The van der Waals surface area contributed by atoms with Crippen molar-refractivity contribution in [3.8, 4) is 0 Å². The van der Waals surface area contributed by atoms with E-state index >= 15 is 0 Å². The van der Waals surface area contributed by atoms with Crippen LogP contribution in [-0.4, -0.2) is 45.7 Å². The van der Waals surface area contributed by atoms with Gasteiger partial charge in [0.05, 0.1) is 17.7 Å². The zero-order valence-corrected chi connectivity index (χ0v) is 8.60. The highest BCUT2D eigenvalue weighted by molar-refractivity contribution is 5.93. The lowest BCUT2D eigenvalue weighted by Crippen LogP contribution is -2.33. The van der Waals surface area contributed by atoms with Gasteiger partial charge in [0.1, 0.15) is 0 Å². The van der Waals surface area contributed by atoms with E-state index in [1.54, 1.807) is 14.0 Å². The molecule has 1 rings (SSSR count). The molecule has 15 heavy (non-hydrogen) atoms. The van der Waals surface area contributed by atoms with Crippen molar-refractivity contribution in [3.63, 3.8) is 0 Å². The molecule has 6 nitrogen and oxygen atoms in total. The minimum Gasteiger partial charge on any atom is -0.481 e. The Morgan fingerprint density at radius 3 is 2.80 bits per heavy atom. The Morgan fingerprint density at radius 1 is 1.67 bits per heavy atom. The first-order valence-electron chi connectivity index (χ1n) is 4.49. The largest absolute Gasteiger partial charge is 0.481 e. The molecule has 1 aromatic rings. The van der Waals surface area contributed by atoms with E-state index in [2.05, 4.69) is 10.2 Å². The third-order valence-electron chi connectivity index (χ3n) is 2.06. The Morgan fingerprint density at radius 2 is 2.33 bits per heavy atom. The highest BCUT2D eigenvalue weighted by Gasteiger charge is 2.18. The van der Waals surface area contributed by atoms with Gasteiger partial charge in [-0.2, -0.15) is 5.10 Å². The number of nitrogens with zero attached hydrogens (tertiary/aromatic N) is 2. The van der Waals surface area contributed by atoms with Crippen LogP contribution in [0.5, 0.6) is 0 Å². The average Bonchev–Trinajstić information content (AvgIpc) is 2.68. The highest BCUT2D eigenvalue weighted by Crippen LogP contribution is 2.04. The van der Waals surface area contributed by atoms with Crippen molar-refractivity contribution in [1.29, 1.82) is 0 Å². The van der Waals surface area contributed by atoms with Gasteiger partial charge in [0, 0.05) is 19.8 Å². The van der Waals surface area contributed by atoms with E-state index in [0.29, 0.717) is 5.56 Å². The van der Waals surface area contributed by atoms with Crippen molar-refractivity contribution in [1.82, 2.24) is 15.1 Å². The van der Waals surface area contributed by atoms with Gasteiger partial charge in [-0.05, 0) is 0 Å². The second-order valence-electron chi connectivity index (χ2n) is 3.41. The van der Waals surface area contributed by atoms with Crippen LogP contribution in [0, 0.1) is 5.92 Å². The zero-order valence-electron chi connectivity index (χ0n) is 8.60. The molecular formula is C9H13N3O3. The molecule has 0 bridgehead atoms. The summed E-state index contributed by atoms with van der Waals surface area (Å²) in [5.74, 6) is -1.73. The summed E-state index contributed by atoms with van der Waals surface area (Å²) in [5, 5.41) is 14.9. The van der Waals surface area contributed by atoms with Gasteiger partial charge < -0.3 is 10.0 Å². The van der Waals surface area contributed by atoms with Gasteiger partial charge in [-0.25, -0.2) is 0 Å². The van der Waals surface area contributed by atoms with E-state index in [1.807, 2.05) is 0 Å². The van der Waals surface area contributed by atoms with Gasteiger partial charge in [0.2, 0.25) is 0 Å². The van der Waals surface area contributed by atoms with Crippen molar-refractivity contribution in [2.24, 2.45) is 5.92 Å². The van der Waals surface area contributed by atoms with E-state index in [0.717, 1.165) is 0 Å². The number of hydrogen-bond donors (Lipinski definition) is 2. The maximum atomic E-state index is 11.6. The van der Waals surface area contributed by atoms with Gasteiger partial charge in [-0.15, -0.1) is 0 Å². The molecule has 0 aromatic carbocycles. The normalized spacial score (nSPS) is 12.1. The van der Waals surface area contributed by atoms with Crippen LogP contribution in [0.25, 0.3) is 0 Å². The van der Waals surface area contributed by atoms with E-state index in [-0.39, 0.29) is 12.5 Å². The summed E-state index contributed by atoms with van der Waals surface area (Å²) in [6.07, 6.45) is 2.88. The molecule has 0 radical (unpaired) electrons. The maximum Gasteiger partial charge on any atom is 0.308 e. The summed E-state index contributed by atoms with van der Waals surface area (Å²) in [6.45, 7) is 1.74. The fourth-order valence-corrected chi connectivity index (χ4v) is 1.16. The Bertz CT molecular complexity index is 347. The van der Waals surface area contributed by atoms with Gasteiger partial charge in [-0.3, -0.25) is 14.7 Å². The van der Waals surface area contributed by atoms with Crippen molar-refractivity contribution >= 4 is 11.9 Å². The summed E-state index contributed by atoms with van der Waals surface area (Å²) >= 11 is 0. The molecule has 1 amide bonds. The molecule has 2 N–H and O–H groups in total. The molecule has 6 heteroatoms. The monoisotopic (exact) mass is 211 g/mol. The molecule has 1 atom stereocenters. The SMILES string of the molecule is CC(CN(C)C(=O)c1cn[nH]c1)C(=O)O. The lowest BCUT2D eigenvalue weighted by atomic mass is 10.1. The number of amides is 1. The zero-order chi connectivity index (χ0) is 11.4. The number of carboxylic acid groups (broad SMARTS) is 1. The fourth-order valence-electron chi connectivity index (χ4n) is 1.16. The van der Waals surface area contributed by atoms with Gasteiger partial charge in [0.25, 0.3) is 5.91 Å². The van der Waals surface area contributed by atoms with Crippen molar-refractivity contribution in [3.05, 3.63) is 18.0 Å². The Hall–Kier alpha value is -1.85. The van der Waals surface area contributed by atoms with E-state index < -0.39 is 11.9 Å². The van der Waals surface area contributed by atoms with Crippen LogP contribution in [-0.2, 0) is 4.79 Å². The second-order valence-corrected chi connectivity index (χ2v) is 3.41. The predicted octanol–water partition coefficient (Wildman–Crippen LogP) is 0.202. The molecule has 82 valence electrons. The van der Waals surface area contributed by atoms with Gasteiger partial charge in [-0.1, -0.05) is 6.92 Å². The van der Waals surface area contributed by atoms with Crippen molar-refractivity contribution in [2.75, 3.05) is 13.6 Å². The number of aromatic amines is 1. The molecule has 0 fully saturated rings. The standard InChI is InChI=1S/C9H13N3O3/c1-6(9(14)15)5-12(2)8(13)7-3-10-11-4-7/h3-4,6H,5H2,1-2H3,(H,10,11)(H,14,15). The second kappa shape index (κ2) is 4.59. The van der Waals surface area contributed by atoms with Crippen LogP contribution in [0.1, 0.15) is 17.3 Å². The number of H-pyrrole nitrogens is 1. The van der Waals surface area contributed by atoms with Crippen LogP contribution in [0.4, 0.5) is 0 Å². The van der Waals surface area contributed by atoms with Crippen LogP contribution in [0.2, 0.25) is 0 Å². The summed E-state index contributed by atoms with van der Waals surface area (Å²) < 4.78 is 0. The number of carbonyl (C=O) groups excluding carboxylic acids is 1. The topological polar surface area (TPSA) is 86.3 Å². The molecule has 1 aromatic heterocycles. The summed E-state index contributed by atoms with van der Waals surface area (Å²) in [4.78, 5) is 23.6. The highest BCUT2D eigenvalue weighted by atomic mass is 16.4. The lowest BCUT2D eigenvalue weighted by Gasteiger charge is -2.18. The molecule has 1 unspecified atom stereocenters. The van der Waals surface area contributed by atoms with Gasteiger partial charge >= 0.3 is 5.97 Å². The van der Waals surface area contributed by atoms with Crippen molar-refractivity contribution < 1.29 is 14.7 Å². The molecular weight excluding hydrogens is 198 g/mol. The summed E-state index contributed by atoms with van der Waals surface area (Å²) in [7, 11) is 1.56. The summed E-state index contributed by atoms with van der Waals surface area (Å²) in [5.41, 5.74) is 0.426. The molecule has 0 aliphatic rings. The first-order valence-corrected chi connectivity index (χ1v) is 4.49. The number of aromatic nitrogens is 2. The number of carbonyl (C=O) groups is 2. The van der Waals surface area contributed by atoms with Crippen LogP contribution in [0.15, 0.2) is 12.4 Å². The van der Waals surface area contributed by atoms with E-state index in [4.69, 9.17) is 5.11 Å². The number of carboxylic acids is 1. The maximum absolute atomic E-state index is 11.6. The molecule has 0 saturated heterocycles. The molecule has 1 heterocycles. The predicted molar refractivity (Wildman–Crippen MR) is 52.3 cm³/mol. The van der Waals surface area contributed by atoms with Crippen LogP contribution >= 0.6 is 0 Å². The number of nitrogens with one attached hydrogen (secondary N) is 1. The van der Waals surface area contributed by atoms with Crippen molar-refractivity contribution in [2.45, 2.75) is 6.92 Å². The Balaban J connectivity index is 2.58. The number of hydrogen-bond acceptors (Lipinski definition) is 3. The van der Waals surface area contributed by atoms with E-state index in [1.165, 1.54) is 17.3 Å². The van der Waals surface area contributed by atoms with E-state index in [9.17, 15) is 9.59 Å². The van der Waals surface area contributed by atoms with Crippen LogP contribution in [0.3, 0.4) is 0 Å². The minimum atomic E-state index is -0.915. The molecule has 0 spiro atoms. The lowest BCUT2D eigenvalue weighted by molar-refractivity contribution is -0.141. The Kier molecular flexibility index (Phi) is 3.43. The molecule has 0 aliphatic heterocycles. The third kappa shape index (κ3) is 2.80. The minimum absolute atomic E-state index is 0.180. The first-order chi connectivity index (χ1) is 7.02. The molecule has 0 saturated carbocycles. The molecule has 0 aliphatic carbocycles. The quantitative estimate of drug-likeness (QED) is 0.745. The smallest absolute Gasteiger partial charge is 0.308 e.